The molecule has 4 N–H and O–H groups in total. The number of anilines is 4. The van der Waals surface area contributed by atoms with Gasteiger partial charge in [-0.3, -0.25) is 0 Å². The van der Waals surface area contributed by atoms with Crippen molar-refractivity contribution in [3.8, 4) is 0 Å². The van der Waals surface area contributed by atoms with Crippen LogP contribution in [0.15, 0.2) is 24.7 Å². The molecule has 2 aromatic rings. The van der Waals surface area contributed by atoms with Crippen molar-refractivity contribution in [1.29, 1.82) is 0 Å². The lowest BCUT2D eigenvalue weighted by Crippen LogP contribution is -2.10. The minimum atomic E-state index is 0.503. The lowest BCUT2D eigenvalue weighted by Gasteiger charge is -2.12. The second kappa shape index (κ2) is 6.88. The number of pyridine rings is 1. The van der Waals surface area contributed by atoms with E-state index in [0.29, 0.717) is 29.1 Å². The molecular formula is C15H22N6. The Labute approximate surface area is 125 Å². The fourth-order valence-corrected chi connectivity index (χ4v) is 1.78. The SMILES string of the molecule is Cc1ccc(Nc2ncnc(NCCC(C)C)c2N)nc1. The summed E-state index contributed by atoms with van der Waals surface area (Å²) in [5.41, 5.74) is 7.71. The molecule has 0 aliphatic carbocycles. The van der Waals surface area contributed by atoms with Gasteiger partial charge in [-0.1, -0.05) is 19.9 Å². The summed E-state index contributed by atoms with van der Waals surface area (Å²) in [5, 5.41) is 6.35. The van der Waals surface area contributed by atoms with E-state index in [1.165, 1.54) is 6.33 Å². The number of aromatic nitrogens is 3. The lowest BCUT2D eigenvalue weighted by atomic mass is 10.1. The van der Waals surface area contributed by atoms with Crippen molar-refractivity contribution in [2.24, 2.45) is 5.92 Å². The zero-order valence-electron chi connectivity index (χ0n) is 12.7. The molecule has 0 saturated heterocycles. The molecule has 0 atom stereocenters. The zero-order valence-corrected chi connectivity index (χ0v) is 12.7. The molecule has 112 valence electrons. The van der Waals surface area contributed by atoms with Gasteiger partial charge < -0.3 is 16.4 Å². The molecule has 0 unspecified atom stereocenters. The largest absolute Gasteiger partial charge is 0.393 e. The third-order valence-corrected chi connectivity index (χ3v) is 3.06. The molecule has 21 heavy (non-hydrogen) atoms. The molecule has 0 bridgehead atoms. The molecule has 6 heteroatoms. The summed E-state index contributed by atoms with van der Waals surface area (Å²) < 4.78 is 0. The monoisotopic (exact) mass is 286 g/mol. The molecule has 2 aromatic heterocycles. The molecule has 6 nitrogen and oxygen atoms in total. The van der Waals surface area contributed by atoms with Crippen LogP contribution < -0.4 is 16.4 Å². The molecular weight excluding hydrogens is 264 g/mol. The fraction of sp³-hybridized carbons (Fsp3) is 0.400. The fourth-order valence-electron chi connectivity index (χ4n) is 1.78. The second-order valence-electron chi connectivity index (χ2n) is 5.44. The van der Waals surface area contributed by atoms with Gasteiger partial charge in [0.05, 0.1) is 0 Å². The van der Waals surface area contributed by atoms with Crippen molar-refractivity contribution in [2.45, 2.75) is 27.2 Å². The predicted molar refractivity (Wildman–Crippen MR) is 86.6 cm³/mol. The summed E-state index contributed by atoms with van der Waals surface area (Å²) in [4.78, 5) is 12.6. The maximum absolute atomic E-state index is 6.10. The molecule has 0 aliphatic rings. The van der Waals surface area contributed by atoms with Crippen LogP contribution in [-0.2, 0) is 0 Å². The van der Waals surface area contributed by atoms with Gasteiger partial charge in [-0.05, 0) is 30.9 Å². The van der Waals surface area contributed by atoms with Gasteiger partial charge in [0.15, 0.2) is 11.6 Å². The quantitative estimate of drug-likeness (QED) is 0.756. The van der Waals surface area contributed by atoms with Crippen LogP contribution in [0, 0.1) is 12.8 Å². The van der Waals surface area contributed by atoms with E-state index in [4.69, 9.17) is 5.73 Å². The molecule has 0 aromatic carbocycles. The number of aryl methyl sites for hydroxylation is 1. The Morgan fingerprint density at radius 2 is 1.90 bits per heavy atom. The highest BCUT2D eigenvalue weighted by Gasteiger charge is 2.08. The summed E-state index contributed by atoms with van der Waals surface area (Å²) in [5.74, 6) is 2.56. The molecule has 2 rings (SSSR count). The van der Waals surface area contributed by atoms with Gasteiger partial charge in [-0.25, -0.2) is 15.0 Å². The average molecular weight is 286 g/mol. The Hall–Kier alpha value is -2.37. The van der Waals surface area contributed by atoms with E-state index in [0.717, 1.165) is 18.5 Å². The van der Waals surface area contributed by atoms with E-state index in [1.54, 1.807) is 6.20 Å². The van der Waals surface area contributed by atoms with Gasteiger partial charge in [-0.2, -0.15) is 0 Å². The Morgan fingerprint density at radius 3 is 2.57 bits per heavy atom. The van der Waals surface area contributed by atoms with Gasteiger partial charge >= 0.3 is 0 Å². The van der Waals surface area contributed by atoms with Crippen LogP contribution in [0.4, 0.5) is 23.1 Å². The van der Waals surface area contributed by atoms with Gasteiger partial charge in [0.1, 0.15) is 17.8 Å². The second-order valence-corrected chi connectivity index (χ2v) is 5.44. The van der Waals surface area contributed by atoms with Crippen molar-refractivity contribution in [2.75, 3.05) is 22.9 Å². The zero-order chi connectivity index (χ0) is 15.2. The number of nitrogens with two attached hydrogens (primary N) is 1. The first-order chi connectivity index (χ1) is 10.1. The van der Waals surface area contributed by atoms with Gasteiger partial charge in [-0.15, -0.1) is 0 Å². The van der Waals surface area contributed by atoms with Crippen LogP contribution in [-0.4, -0.2) is 21.5 Å². The van der Waals surface area contributed by atoms with E-state index >= 15 is 0 Å². The third kappa shape index (κ3) is 4.30. The lowest BCUT2D eigenvalue weighted by molar-refractivity contribution is 0.606. The minimum Gasteiger partial charge on any atom is -0.393 e. The van der Waals surface area contributed by atoms with E-state index in [-0.39, 0.29) is 0 Å². The van der Waals surface area contributed by atoms with Gasteiger partial charge in [0, 0.05) is 12.7 Å². The van der Waals surface area contributed by atoms with E-state index < -0.39 is 0 Å². The number of nitrogens with zero attached hydrogens (tertiary/aromatic N) is 3. The van der Waals surface area contributed by atoms with E-state index in [2.05, 4.69) is 39.4 Å². The summed E-state index contributed by atoms with van der Waals surface area (Å²) in [6.07, 6.45) is 4.35. The molecule has 0 fully saturated rings. The Bertz CT molecular complexity index is 579. The van der Waals surface area contributed by atoms with Crippen molar-refractivity contribution in [3.05, 3.63) is 30.2 Å². The first-order valence-corrected chi connectivity index (χ1v) is 7.10. The van der Waals surface area contributed by atoms with E-state index in [1.807, 2.05) is 19.1 Å². The Balaban J connectivity index is 2.08. The highest BCUT2D eigenvalue weighted by atomic mass is 15.1. The number of nitrogens with one attached hydrogen (secondary N) is 2. The van der Waals surface area contributed by atoms with Crippen LogP contribution >= 0.6 is 0 Å². The standard InChI is InChI=1S/C15H22N6/c1-10(2)6-7-17-14-13(16)15(20-9-19-14)21-12-5-4-11(3)8-18-12/h4-5,8-10H,6-7,16H2,1-3H3,(H2,17,18,19,20,21). The summed E-state index contributed by atoms with van der Waals surface area (Å²) in [6, 6.07) is 3.87. The van der Waals surface area contributed by atoms with Crippen molar-refractivity contribution < 1.29 is 0 Å². The highest BCUT2D eigenvalue weighted by Crippen LogP contribution is 2.25. The van der Waals surface area contributed by atoms with Crippen LogP contribution in [0.1, 0.15) is 25.8 Å². The van der Waals surface area contributed by atoms with Crippen LogP contribution in [0.3, 0.4) is 0 Å². The van der Waals surface area contributed by atoms with E-state index in [9.17, 15) is 0 Å². The molecule has 2 heterocycles. The number of rotatable bonds is 6. The van der Waals surface area contributed by atoms with Gasteiger partial charge in [0.25, 0.3) is 0 Å². The highest BCUT2D eigenvalue weighted by molar-refractivity contribution is 5.76. The molecule has 0 amide bonds. The summed E-state index contributed by atoms with van der Waals surface area (Å²) in [7, 11) is 0. The third-order valence-electron chi connectivity index (χ3n) is 3.06. The first-order valence-electron chi connectivity index (χ1n) is 7.10. The number of hydrogen-bond acceptors (Lipinski definition) is 6. The summed E-state index contributed by atoms with van der Waals surface area (Å²) >= 11 is 0. The van der Waals surface area contributed by atoms with Crippen molar-refractivity contribution in [3.63, 3.8) is 0 Å². The Morgan fingerprint density at radius 1 is 1.14 bits per heavy atom. The molecule has 0 aliphatic heterocycles. The maximum Gasteiger partial charge on any atom is 0.160 e. The van der Waals surface area contributed by atoms with Crippen molar-refractivity contribution in [1.82, 2.24) is 15.0 Å². The number of nitrogen functional groups attached to an aromatic ring is 1. The van der Waals surface area contributed by atoms with Gasteiger partial charge in [0.2, 0.25) is 0 Å². The molecule has 0 saturated carbocycles. The van der Waals surface area contributed by atoms with Crippen LogP contribution in [0.5, 0.6) is 0 Å². The molecule has 0 radical (unpaired) electrons. The average Bonchev–Trinajstić information content (AvgIpc) is 2.45. The minimum absolute atomic E-state index is 0.503. The topological polar surface area (TPSA) is 88.8 Å². The predicted octanol–water partition coefficient (Wildman–Crippen LogP) is 2.96. The van der Waals surface area contributed by atoms with Crippen LogP contribution in [0.25, 0.3) is 0 Å². The number of hydrogen-bond donors (Lipinski definition) is 3. The first kappa shape index (κ1) is 15.0. The van der Waals surface area contributed by atoms with Crippen molar-refractivity contribution >= 4 is 23.1 Å². The normalized spacial score (nSPS) is 10.7. The maximum atomic E-state index is 6.10. The van der Waals surface area contributed by atoms with Crippen LogP contribution in [0.2, 0.25) is 0 Å². The summed E-state index contributed by atoms with van der Waals surface area (Å²) in [6.45, 7) is 7.19. The Kier molecular flexibility index (Phi) is 4.92. The molecule has 0 spiro atoms. The smallest absolute Gasteiger partial charge is 0.160 e.